The summed E-state index contributed by atoms with van der Waals surface area (Å²) in [5.74, 6) is 0. The SMILES string of the molecule is CC(C=Cc1ccccc1)=CC(C)=NNS(=O)(=O)c1ccc(C)cc1. The number of benzene rings is 2. The van der Waals surface area contributed by atoms with Crippen molar-refractivity contribution in [2.24, 2.45) is 5.10 Å². The van der Waals surface area contributed by atoms with Gasteiger partial charge in [-0.2, -0.15) is 18.4 Å². The molecule has 0 aliphatic heterocycles. The van der Waals surface area contributed by atoms with Crippen LogP contribution in [0.3, 0.4) is 0 Å². The number of nitrogens with zero attached hydrogens (tertiary/aromatic N) is 1. The monoisotopic (exact) mass is 354 g/mol. The molecule has 0 amide bonds. The van der Waals surface area contributed by atoms with E-state index < -0.39 is 10.0 Å². The summed E-state index contributed by atoms with van der Waals surface area (Å²) in [6.07, 6.45) is 5.77. The molecule has 0 saturated heterocycles. The molecule has 2 aromatic rings. The van der Waals surface area contributed by atoms with Gasteiger partial charge in [-0.1, -0.05) is 60.2 Å². The van der Waals surface area contributed by atoms with Gasteiger partial charge in [0.25, 0.3) is 10.0 Å². The van der Waals surface area contributed by atoms with Gasteiger partial charge >= 0.3 is 0 Å². The summed E-state index contributed by atoms with van der Waals surface area (Å²) in [5, 5.41) is 3.96. The van der Waals surface area contributed by atoms with Gasteiger partial charge < -0.3 is 0 Å². The molecule has 0 spiro atoms. The Bertz CT molecular complexity index is 894. The van der Waals surface area contributed by atoms with E-state index in [-0.39, 0.29) is 4.90 Å². The zero-order valence-corrected chi connectivity index (χ0v) is 15.4. The quantitative estimate of drug-likeness (QED) is 0.477. The lowest BCUT2D eigenvalue weighted by Crippen LogP contribution is -2.19. The molecule has 0 unspecified atom stereocenters. The molecule has 0 atom stereocenters. The fraction of sp³-hybridized carbons (Fsp3) is 0.150. The molecule has 0 bridgehead atoms. The molecule has 0 heterocycles. The zero-order valence-electron chi connectivity index (χ0n) is 14.6. The van der Waals surface area contributed by atoms with Gasteiger partial charge in [-0.15, -0.1) is 0 Å². The Morgan fingerprint density at radius 3 is 2.28 bits per heavy atom. The van der Waals surface area contributed by atoms with Crippen LogP contribution in [0, 0.1) is 6.92 Å². The lowest BCUT2D eigenvalue weighted by atomic mass is 10.1. The molecule has 4 nitrogen and oxygen atoms in total. The third kappa shape index (κ3) is 6.04. The summed E-state index contributed by atoms with van der Waals surface area (Å²) < 4.78 is 24.4. The van der Waals surface area contributed by atoms with E-state index in [0.29, 0.717) is 5.71 Å². The molecular weight excluding hydrogens is 332 g/mol. The van der Waals surface area contributed by atoms with Crippen LogP contribution in [-0.2, 0) is 10.0 Å². The van der Waals surface area contributed by atoms with Crippen LogP contribution in [0.25, 0.3) is 6.08 Å². The van der Waals surface area contributed by atoms with Gasteiger partial charge in [0.15, 0.2) is 0 Å². The lowest BCUT2D eigenvalue weighted by Gasteiger charge is -2.04. The van der Waals surface area contributed by atoms with Crippen molar-refractivity contribution in [2.45, 2.75) is 25.7 Å². The second kappa shape index (κ2) is 8.44. The van der Waals surface area contributed by atoms with Gasteiger partial charge in [0.05, 0.1) is 10.6 Å². The molecular formula is C20H22N2O2S. The second-order valence-electron chi connectivity index (χ2n) is 5.79. The first kappa shape index (κ1) is 18.7. The van der Waals surface area contributed by atoms with Crippen molar-refractivity contribution < 1.29 is 8.42 Å². The predicted molar refractivity (Wildman–Crippen MR) is 104 cm³/mol. The van der Waals surface area contributed by atoms with Crippen LogP contribution in [-0.4, -0.2) is 14.1 Å². The van der Waals surface area contributed by atoms with Gasteiger partial charge in [-0.3, -0.25) is 0 Å². The molecule has 0 aliphatic carbocycles. The Balaban J connectivity index is 2.05. The molecule has 1 N–H and O–H groups in total. The number of allylic oxidation sites excluding steroid dienone is 3. The minimum absolute atomic E-state index is 0.194. The molecule has 25 heavy (non-hydrogen) atoms. The number of sulfonamides is 1. The van der Waals surface area contributed by atoms with Gasteiger partial charge in [-0.25, -0.2) is 0 Å². The number of rotatable bonds is 6. The number of nitrogens with one attached hydrogen (secondary N) is 1. The topological polar surface area (TPSA) is 58.5 Å². The van der Waals surface area contributed by atoms with Crippen molar-refractivity contribution in [3.63, 3.8) is 0 Å². The van der Waals surface area contributed by atoms with Gasteiger partial charge in [-0.05, 0) is 50.1 Å². The average molecular weight is 354 g/mol. The molecule has 130 valence electrons. The third-order valence-corrected chi connectivity index (χ3v) is 4.67. The van der Waals surface area contributed by atoms with E-state index >= 15 is 0 Å². The standard InChI is InChI=1S/C20H22N2O2S/c1-16-10-13-20(14-11-16)25(23,24)22-21-18(3)15-17(2)9-12-19-7-5-4-6-8-19/h4-15,22H,1-3H3. The van der Waals surface area contributed by atoms with Crippen LogP contribution in [0.4, 0.5) is 0 Å². The van der Waals surface area contributed by atoms with Gasteiger partial charge in [0, 0.05) is 0 Å². The zero-order chi connectivity index (χ0) is 18.3. The Morgan fingerprint density at radius 1 is 1.00 bits per heavy atom. The molecule has 2 rings (SSSR count). The summed E-state index contributed by atoms with van der Waals surface area (Å²) in [5.41, 5.74) is 3.65. The van der Waals surface area contributed by atoms with E-state index in [9.17, 15) is 8.42 Å². The molecule has 2 aromatic carbocycles. The molecule has 0 saturated carbocycles. The largest absolute Gasteiger partial charge is 0.276 e. The molecule has 0 fully saturated rings. The first-order valence-electron chi connectivity index (χ1n) is 7.91. The Morgan fingerprint density at radius 2 is 1.64 bits per heavy atom. The molecule has 5 heteroatoms. The average Bonchev–Trinajstić information content (AvgIpc) is 2.60. The first-order valence-corrected chi connectivity index (χ1v) is 9.39. The third-order valence-electron chi connectivity index (χ3n) is 3.45. The van der Waals surface area contributed by atoms with E-state index in [4.69, 9.17) is 0 Å². The first-order chi connectivity index (χ1) is 11.9. The van der Waals surface area contributed by atoms with Crippen LogP contribution in [0.5, 0.6) is 0 Å². The van der Waals surface area contributed by atoms with Crippen LogP contribution < -0.4 is 4.83 Å². The summed E-state index contributed by atoms with van der Waals surface area (Å²) >= 11 is 0. The summed E-state index contributed by atoms with van der Waals surface area (Å²) in [6, 6.07) is 16.6. The van der Waals surface area contributed by atoms with Crippen LogP contribution in [0.2, 0.25) is 0 Å². The van der Waals surface area contributed by atoms with Crippen molar-refractivity contribution >= 4 is 21.8 Å². The van der Waals surface area contributed by atoms with Crippen molar-refractivity contribution in [2.75, 3.05) is 0 Å². The van der Waals surface area contributed by atoms with Crippen LogP contribution in [0.1, 0.15) is 25.0 Å². The van der Waals surface area contributed by atoms with E-state index in [1.165, 1.54) is 0 Å². The summed E-state index contributed by atoms with van der Waals surface area (Å²) in [4.78, 5) is 2.46. The van der Waals surface area contributed by atoms with Crippen molar-refractivity contribution in [3.05, 3.63) is 83.4 Å². The van der Waals surface area contributed by atoms with Crippen LogP contribution in [0.15, 0.2) is 82.3 Å². The Kier molecular flexibility index (Phi) is 6.31. The van der Waals surface area contributed by atoms with Gasteiger partial charge in [0.1, 0.15) is 0 Å². The number of hydrazone groups is 1. The van der Waals surface area contributed by atoms with Crippen molar-refractivity contribution in [1.29, 1.82) is 0 Å². The second-order valence-corrected chi connectivity index (χ2v) is 7.45. The number of hydrogen-bond acceptors (Lipinski definition) is 3. The Labute approximate surface area is 149 Å². The highest BCUT2D eigenvalue weighted by Gasteiger charge is 2.11. The van der Waals surface area contributed by atoms with Gasteiger partial charge in [0.2, 0.25) is 0 Å². The summed E-state index contributed by atoms with van der Waals surface area (Å²) in [6.45, 7) is 5.59. The predicted octanol–water partition coefficient (Wildman–Crippen LogP) is 4.31. The van der Waals surface area contributed by atoms with E-state index in [1.807, 2.05) is 62.4 Å². The fourth-order valence-electron chi connectivity index (χ4n) is 2.10. The highest BCUT2D eigenvalue weighted by Crippen LogP contribution is 2.10. The normalized spacial score (nSPS) is 13.2. The smallest absolute Gasteiger partial charge is 0.200 e. The number of hydrogen-bond donors (Lipinski definition) is 1. The van der Waals surface area contributed by atoms with E-state index in [2.05, 4.69) is 9.93 Å². The fourth-order valence-corrected chi connectivity index (χ4v) is 2.97. The van der Waals surface area contributed by atoms with E-state index in [1.54, 1.807) is 31.2 Å². The maximum absolute atomic E-state index is 12.2. The Hall–Kier alpha value is -2.66. The highest BCUT2D eigenvalue weighted by atomic mass is 32.2. The highest BCUT2D eigenvalue weighted by molar-refractivity contribution is 7.89. The lowest BCUT2D eigenvalue weighted by molar-refractivity contribution is 0.584. The minimum atomic E-state index is -3.65. The molecule has 0 aromatic heterocycles. The summed E-state index contributed by atoms with van der Waals surface area (Å²) in [7, 11) is -3.65. The van der Waals surface area contributed by atoms with E-state index in [0.717, 1.165) is 16.7 Å². The van der Waals surface area contributed by atoms with Crippen molar-refractivity contribution in [1.82, 2.24) is 4.83 Å². The molecule has 0 aliphatic rings. The van der Waals surface area contributed by atoms with Crippen LogP contribution >= 0.6 is 0 Å². The minimum Gasteiger partial charge on any atom is -0.200 e. The maximum atomic E-state index is 12.2. The number of aryl methyl sites for hydroxylation is 1. The van der Waals surface area contributed by atoms with Crippen molar-refractivity contribution in [3.8, 4) is 0 Å². The molecule has 0 radical (unpaired) electrons. The maximum Gasteiger partial charge on any atom is 0.276 e.